The van der Waals surface area contributed by atoms with Crippen LogP contribution < -0.4 is 5.32 Å². The summed E-state index contributed by atoms with van der Waals surface area (Å²) >= 11 is 1.88. The maximum Gasteiger partial charge on any atom is 0.0302 e. The molecule has 3 rings (SSSR count). The molecule has 1 heterocycles. The van der Waals surface area contributed by atoms with Crippen LogP contribution in [0.25, 0.3) is 11.1 Å². The molecule has 1 aromatic heterocycles. The Morgan fingerprint density at radius 1 is 0.905 bits per heavy atom. The minimum atomic E-state index is 0.729. The highest BCUT2D eigenvalue weighted by molar-refractivity contribution is 7.10. The number of nitrogens with one attached hydrogen (secondary N) is 1. The fourth-order valence-corrected chi connectivity index (χ4v) is 4.00. The third-order valence-electron chi connectivity index (χ3n) is 4.43. The highest BCUT2D eigenvalue weighted by Crippen LogP contribution is 2.26. The number of benzene rings is 1. The molecular formula is C19H25NS. The van der Waals surface area contributed by atoms with Crippen molar-refractivity contribution in [2.75, 3.05) is 0 Å². The van der Waals surface area contributed by atoms with Crippen molar-refractivity contribution in [2.45, 2.75) is 57.5 Å². The van der Waals surface area contributed by atoms with Crippen LogP contribution in [0.15, 0.2) is 41.8 Å². The lowest BCUT2D eigenvalue weighted by Crippen LogP contribution is -2.28. The predicted molar refractivity (Wildman–Crippen MR) is 92.7 cm³/mol. The molecule has 0 bridgehead atoms. The van der Waals surface area contributed by atoms with Gasteiger partial charge in [-0.3, -0.25) is 0 Å². The van der Waals surface area contributed by atoms with Crippen molar-refractivity contribution in [3.63, 3.8) is 0 Å². The molecule has 1 N–H and O–H groups in total. The summed E-state index contributed by atoms with van der Waals surface area (Å²) in [5.41, 5.74) is 2.68. The van der Waals surface area contributed by atoms with Crippen LogP contribution in [0.2, 0.25) is 0 Å². The van der Waals surface area contributed by atoms with E-state index in [9.17, 15) is 0 Å². The van der Waals surface area contributed by atoms with Gasteiger partial charge in [-0.25, -0.2) is 0 Å². The van der Waals surface area contributed by atoms with E-state index < -0.39 is 0 Å². The molecule has 1 aromatic carbocycles. The normalized spacial score (nSPS) is 17.3. The largest absolute Gasteiger partial charge is 0.309 e. The van der Waals surface area contributed by atoms with Crippen molar-refractivity contribution in [3.05, 3.63) is 46.7 Å². The van der Waals surface area contributed by atoms with E-state index in [1.54, 1.807) is 0 Å². The Balaban J connectivity index is 1.54. The summed E-state index contributed by atoms with van der Waals surface area (Å²) in [4.78, 5) is 1.45. The first-order chi connectivity index (χ1) is 10.4. The number of rotatable bonds is 4. The van der Waals surface area contributed by atoms with E-state index in [4.69, 9.17) is 0 Å². The highest BCUT2D eigenvalue weighted by atomic mass is 32.1. The van der Waals surface area contributed by atoms with Crippen LogP contribution in [0, 0.1) is 0 Å². The van der Waals surface area contributed by atoms with Crippen LogP contribution in [0.3, 0.4) is 0 Å². The summed E-state index contributed by atoms with van der Waals surface area (Å²) in [5, 5.41) is 6.06. The van der Waals surface area contributed by atoms with Gasteiger partial charge in [0.2, 0.25) is 0 Å². The molecule has 2 heteroatoms. The lowest BCUT2D eigenvalue weighted by Gasteiger charge is -2.20. The smallest absolute Gasteiger partial charge is 0.0302 e. The third kappa shape index (κ3) is 4.42. The van der Waals surface area contributed by atoms with Crippen LogP contribution in [-0.4, -0.2) is 6.04 Å². The molecule has 0 amide bonds. The van der Waals surface area contributed by atoms with Gasteiger partial charge in [-0.05, 0) is 35.4 Å². The van der Waals surface area contributed by atoms with Gasteiger partial charge in [0.1, 0.15) is 0 Å². The van der Waals surface area contributed by atoms with Gasteiger partial charge < -0.3 is 5.32 Å². The van der Waals surface area contributed by atoms with Crippen LogP contribution >= 0.6 is 11.3 Å². The quantitative estimate of drug-likeness (QED) is 0.773. The highest BCUT2D eigenvalue weighted by Gasteiger charge is 2.11. The van der Waals surface area contributed by atoms with E-state index in [-0.39, 0.29) is 0 Å². The van der Waals surface area contributed by atoms with Crippen molar-refractivity contribution in [1.82, 2.24) is 5.32 Å². The average Bonchev–Trinajstić information content (AvgIpc) is 2.96. The molecule has 0 radical (unpaired) electrons. The van der Waals surface area contributed by atoms with Crippen LogP contribution in [0.5, 0.6) is 0 Å². The maximum atomic E-state index is 3.78. The molecule has 112 valence electrons. The van der Waals surface area contributed by atoms with Gasteiger partial charge in [-0.1, -0.05) is 62.4 Å². The lowest BCUT2D eigenvalue weighted by molar-refractivity contribution is 0.390. The molecule has 1 saturated carbocycles. The van der Waals surface area contributed by atoms with Gasteiger partial charge in [0.25, 0.3) is 0 Å². The van der Waals surface area contributed by atoms with E-state index in [2.05, 4.69) is 47.1 Å². The van der Waals surface area contributed by atoms with Crippen molar-refractivity contribution in [1.29, 1.82) is 0 Å². The first-order valence-electron chi connectivity index (χ1n) is 8.28. The second-order valence-electron chi connectivity index (χ2n) is 6.09. The van der Waals surface area contributed by atoms with Crippen LogP contribution in [0.1, 0.15) is 49.8 Å². The zero-order valence-electron chi connectivity index (χ0n) is 12.7. The molecule has 0 aliphatic heterocycles. The Hall–Kier alpha value is -1.12. The molecule has 0 unspecified atom stereocenters. The molecule has 1 nitrogen and oxygen atoms in total. The minimum Gasteiger partial charge on any atom is -0.309 e. The van der Waals surface area contributed by atoms with Crippen molar-refractivity contribution in [3.8, 4) is 11.1 Å². The monoisotopic (exact) mass is 299 g/mol. The molecule has 0 saturated heterocycles. The van der Waals surface area contributed by atoms with Crippen LogP contribution in [0.4, 0.5) is 0 Å². The Labute approximate surface area is 132 Å². The topological polar surface area (TPSA) is 12.0 Å². The lowest BCUT2D eigenvalue weighted by atomic mass is 9.97. The Morgan fingerprint density at radius 2 is 1.62 bits per heavy atom. The van der Waals surface area contributed by atoms with E-state index in [1.165, 1.54) is 60.9 Å². The third-order valence-corrected chi connectivity index (χ3v) is 5.37. The summed E-state index contributed by atoms with van der Waals surface area (Å²) in [5.74, 6) is 0. The molecule has 2 aromatic rings. The van der Waals surface area contributed by atoms with Crippen molar-refractivity contribution < 1.29 is 0 Å². The second-order valence-corrected chi connectivity index (χ2v) is 7.09. The Kier molecular flexibility index (Phi) is 5.47. The van der Waals surface area contributed by atoms with Gasteiger partial charge >= 0.3 is 0 Å². The molecule has 0 atom stereocenters. The van der Waals surface area contributed by atoms with E-state index in [0.717, 1.165) is 12.6 Å². The summed E-state index contributed by atoms with van der Waals surface area (Å²) < 4.78 is 0. The van der Waals surface area contributed by atoms with Crippen molar-refractivity contribution >= 4 is 11.3 Å². The fraction of sp³-hybridized carbons (Fsp3) is 0.474. The maximum absolute atomic E-state index is 3.78. The Morgan fingerprint density at radius 3 is 2.38 bits per heavy atom. The summed E-state index contributed by atoms with van der Waals surface area (Å²) in [7, 11) is 0. The summed E-state index contributed by atoms with van der Waals surface area (Å²) in [6, 6.07) is 13.7. The van der Waals surface area contributed by atoms with Gasteiger partial charge in [0.05, 0.1) is 0 Å². The van der Waals surface area contributed by atoms with Gasteiger partial charge in [0.15, 0.2) is 0 Å². The first-order valence-corrected chi connectivity index (χ1v) is 9.16. The number of hydrogen-bond donors (Lipinski definition) is 1. The zero-order valence-corrected chi connectivity index (χ0v) is 13.5. The number of thiophene rings is 1. The summed E-state index contributed by atoms with van der Waals surface area (Å²) in [6.07, 6.45) is 9.81. The first kappa shape index (κ1) is 14.8. The van der Waals surface area contributed by atoms with Gasteiger partial charge in [-0.15, -0.1) is 11.3 Å². The zero-order chi connectivity index (χ0) is 14.3. The minimum absolute atomic E-state index is 0.729. The average molecular weight is 299 g/mol. The molecular weight excluding hydrogens is 274 g/mol. The van der Waals surface area contributed by atoms with Gasteiger partial charge in [-0.2, -0.15) is 0 Å². The SMILES string of the molecule is c1ccc(-c2csc(CNC3CCCCCCC3)c2)cc1. The summed E-state index contributed by atoms with van der Waals surface area (Å²) in [6.45, 7) is 1.03. The Bertz CT molecular complexity index is 524. The van der Waals surface area contributed by atoms with Crippen molar-refractivity contribution in [2.24, 2.45) is 0 Å². The predicted octanol–water partition coefficient (Wildman–Crippen LogP) is 5.62. The standard InChI is InChI=1S/C19H25NS/c1-2-7-11-18(12-8-3-1)20-14-19-13-17(15-21-19)16-9-5-4-6-10-16/h4-6,9-10,13,15,18,20H,1-3,7-8,11-12,14H2. The van der Waals surface area contributed by atoms with E-state index in [1.807, 2.05) is 11.3 Å². The van der Waals surface area contributed by atoms with E-state index in [0.29, 0.717) is 0 Å². The number of hydrogen-bond acceptors (Lipinski definition) is 2. The fourth-order valence-electron chi connectivity index (χ4n) is 3.16. The van der Waals surface area contributed by atoms with Gasteiger partial charge in [0, 0.05) is 17.5 Å². The second kappa shape index (κ2) is 7.77. The molecule has 1 aliphatic carbocycles. The van der Waals surface area contributed by atoms with Crippen LogP contribution in [-0.2, 0) is 6.54 Å². The van der Waals surface area contributed by atoms with E-state index >= 15 is 0 Å². The molecule has 0 spiro atoms. The molecule has 21 heavy (non-hydrogen) atoms. The molecule has 1 fully saturated rings. The molecule has 1 aliphatic rings.